The predicted octanol–water partition coefficient (Wildman–Crippen LogP) is 2.07. The standard InChI is InChI=1S/C22H23N3O5/c1-15-5-4-6-18(13-15)30-12-11-23(2)19(26)17-9-7-16(8-10-17)14-25-21(28)20(27)24(3)22(25)29/h4-10,13H,11-12,14H2,1-3H3. The number of urea groups is 1. The second kappa shape index (κ2) is 8.77. The van der Waals surface area contributed by atoms with Gasteiger partial charge in [-0.2, -0.15) is 0 Å². The normalized spacial score (nSPS) is 13.8. The Morgan fingerprint density at radius 1 is 1.03 bits per heavy atom. The second-order valence-corrected chi connectivity index (χ2v) is 7.13. The van der Waals surface area contributed by atoms with Gasteiger partial charge in [-0.05, 0) is 42.3 Å². The van der Waals surface area contributed by atoms with Crippen molar-refractivity contribution < 1.29 is 23.9 Å². The predicted molar refractivity (Wildman–Crippen MR) is 109 cm³/mol. The summed E-state index contributed by atoms with van der Waals surface area (Å²) in [4.78, 5) is 51.2. The molecule has 0 bridgehead atoms. The van der Waals surface area contributed by atoms with Crippen LogP contribution < -0.4 is 4.74 Å². The SMILES string of the molecule is Cc1cccc(OCCN(C)C(=O)c2ccc(CN3C(=O)C(=O)N(C)C3=O)cc2)c1. The van der Waals surface area contributed by atoms with E-state index in [1.54, 1.807) is 36.2 Å². The Bertz CT molecular complexity index is 987. The average molecular weight is 409 g/mol. The van der Waals surface area contributed by atoms with Gasteiger partial charge in [-0.25, -0.2) is 4.79 Å². The minimum Gasteiger partial charge on any atom is -0.492 e. The quantitative estimate of drug-likeness (QED) is 0.516. The molecule has 0 aromatic heterocycles. The Morgan fingerprint density at radius 3 is 2.33 bits per heavy atom. The summed E-state index contributed by atoms with van der Waals surface area (Å²) in [5.74, 6) is -1.11. The second-order valence-electron chi connectivity index (χ2n) is 7.13. The summed E-state index contributed by atoms with van der Waals surface area (Å²) in [6, 6.07) is 13.6. The topological polar surface area (TPSA) is 87.2 Å². The summed E-state index contributed by atoms with van der Waals surface area (Å²) in [7, 11) is 2.96. The van der Waals surface area contributed by atoms with Crippen molar-refractivity contribution in [3.8, 4) is 5.75 Å². The van der Waals surface area contributed by atoms with E-state index in [-0.39, 0.29) is 12.5 Å². The minimum atomic E-state index is -0.851. The number of ether oxygens (including phenoxy) is 1. The van der Waals surface area contributed by atoms with Gasteiger partial charge in [0, 0.05) is 19.7 Å². The van der Waals surface area contributed by atoms with Crippen LogP contribution in [0.15, 0.2) is 48.5 Å². The van der Waals surface area contributed by atoms with E-state index in [1.807, 2.05) is 31.2 Å². The van der Waals surface area contributed by atoms with Gasteiger partial charge >= 0.3 is 17.8 Å². The molecule has 0 unspecified atom stereocenters. The highest BCUT2D eigenvalue weighted by Crippen LogP contribution is 2.16. The van der Waals surface area contributed by atoms with E-state index in [9.17, 15) is 19.2 Å². The van der Waals surface area contributed by atoms with Crippen LogP contribution in [-0.4, -0.2) is 65.7 Å². The van der Waals surface area contributed by atoms with E-state index in [0.717, 1.165) is 21.1 Å². The molecule has 3 rings (SSSR count). The number of hydrogen-bond donors (Lipinski definition) is 0. The lowest BCUT2D eigenvalue weighted by atomic mass is 10.1. The van der Waals surface area contributed by atoms with Crippen molar-refractivity contribution in [2.24, 2.45) is 0 Å². The molecule has 1 aliphatic rings. The molecule has 156 valence electrons. The molecule has 0 N–H and O–H groups in total. The molecule has 1 heterocycles. The fourth-order valence-electron chi connectivity index (χ4n) is 3.02. The Morgan fingerprint density at radius 2 is 1.73 bits per heavy atom. The molecular formula is C22H23N3O5. The first-order chi connectivity index (χ1) is 14.3. The van der Waals surface area contributed by atoms with Crippen molar-refractivity contribution >= 4 is 23.8 Å². The lowest BCUT2D eigenvalue weighted by Crippen LogP contribution is -2.31. The summed E-state index contributed by atoms with van der Waals surface area (Å²) in [5, 5.41) is 0. The van der Waals surface area contributed by atoms with E-state index < -0.39 is 17.8 Å². The number of carbonyl (C=O) groups is 4. The van der Waals surface area contributed by atoms with Crippen LogP contribution in [0.3, 0.4) is 0 Å². The van der Waals surface area contributed by atoms with E-state index in [4.69, 9.17) is 4.74 Å². The Kier molecular flexibility index (Phi) is 6.15. The third-order valence-corrected chi connectivity index (χ3v) is 4.82. The van der Waals surface area contributed by atoms with Crippen LogP contribution >= 0.6 is 0 Å². The lowest BCUT2D eigenvalue weighted by molar-refractivity contribution is -0.143. The van der Waals surface area contributed by atoms with Crippen LogP contribution in [0.1, 0.15) is 21.5 Å². The molecule has 2 aromatic rings. The highest BCUT2D eigenvalue weighted by Gasteiger charge is 2.41. The van der Waals surface area contributed by atoms with Gasteiger partial charge in [0.25, 0.3) is 5.91 Å². The Labute approximate surface area is 174 Å². The molecule has 0 spiro atoms. The van der Waals surface area contributed by atoms with Gasteiger partial charge in [-0.3, -0.25) is 24.2 Å². The summed E-state index contributed by atoms with van der Waals surface area (Å²) in [5.41, 5.74) is 2.22. The first kappa shape index (κ1) is 21.0. The van der Waals surface area contributed by atoms with Crippen molar-refractivity contribution in [2.75, 3.05) is 27.2 Å². The Balaban J connectivity index is 1.54. The molecular weight excluding hydrogens is 386 g/mol. The molecule has 30 heavy (non-hydrogen) atoms. The van der Waals surface area contributed by atoms with E-state index in [2.05, 4.69) is 0 Å². The van der Waals surface area contributed by atoms with Crippen LogP contribution in [0, 0.1) is 6.92 Å². The molecule has 0 saturated carbocycles. The number of carbonyl (C=O) groups excluding carboxylic acids is 4. The number of imide groups is 2. The van der Waals surface area contributed by atoms with Gasteiger partial charge in [0.2, 0.25) is 0 Å². The van der Waals surface area contributed by atoms with Gasteiger partial charge < -0.3 is 9.64 Å². The number of amides is 5. The van der Waals surface area contributed by atoms with Crippen molar-refractivity contribution in [1.82, 2.24) is 14.7 Å². The monoisotopic (exact) mass is 409 g/mol. The first-order valence-corrected chi connectivity index (χ1v) is 9.45. The maximum absolute atomic E-state index is 12.6. The van der Waals surface area contributed by atoms with Crippen molar-refractivity contribution in [3.05, 3.63) is 65.2 Å². The van der Waals surface area contributed by atoms with Crippen LogP contribution in [0.2, 0.25) is 0 Å². The van der Waals surface area contributed by atoms with E-state index >= 15 is 0 Å². The van der Waals surface area contributed by atoms with Crippen molar-refractivity contribution in [3.63, 3.8) is 0 Å². The van der Waals surface area contributed by atoms with Gasteiger partial charge in [0.15, 0.2) is 0 Å². The largest absolute Gasteiger partial charge is 0.492 e. The summed E-state index contributed by atoms with van der Waals surface area (Å²) in [6.07, 6.45) is 0. The van der Waals surface area contributed by atoms with E-state index in [1.165, 1.54) is 7.05 Å². The number of nitrogens with zero attached hydrogens (tertiary/aromatic N) is 3. The van der Waals surface area contributed by atoms with E-state index in [0.29, 0.717) is 24.3 Å². The number of benzene rings is 2. The molecule has 8 nitrogen and oxygen atoms in total. The first-order valence-electron chi connectivity index (χ1n) is 9.45. The van der Waals surface area contributed by atoms with Gasteiger partial charge in [-0.1, -0.05) is 24.3 Å². The summed E-state index contributed by atoms with van der Waals surface area (Å²) < 4.78 is 5.68. The number of rotatable bonds is 7. The summed E-state index contributed by atoms with van der Waals surface area (Å²) in [6.45, 7) is 2.74. The molecule has 0 aliphatic carbocycles. The zero-order chi connectivity index (χ0) is 21.8. The van der Waals surface area contributed by atoms with Crippen LogP contribution in [0.25, 0.3) is 0 Å². The number of hydrogen-bond acceptors (Lipinski definition) is 5. The van der Waals surface area contributed by atoms with Crippen LogP contribution in [0.4, 0.5) is 4.79 Å². The fraction of sp³-hybridized carbons (Fsp3) is 0.273. The number of likely N-dealkylation sites (N-methyl/N-ethyl adjacent to an activating group) is 2. The Hall–Kier alpha value is -3.68. The summed E-state index contributed by atoms with van der Waals surface area (Å²) >= 11 is 0. The van der Waals surface area contributed by atoms with Gasteiger partial charge in [0.05, 0.1) is 13.1 Å². The zero-order valence-electron chi connectivity index (χ0n) is 17.1. The molecule has 5 amide bonds. The average Bonchev–Trinajstić information content (AvgIpc) is 2.91. The molecule has 1 aliphatic heterocycles. The highest BCUT2D eigenvalue weighted by molar-refractivity contribution is 6.44. The molecule has 2 aromatic carbocycles. The lowest BCUT2D eigenvalue weighted by Gasteiger charge is -2.18. The molecule has 1 fully saturated rings. The molecule has 1 saturated heterocycles. The van der Waals surface area contributed by atoms with Gasteiger partial charge in [-0.15, -0.1) is 0 Å². The fourth-order valence-corrected chi connectivity index (χ4v) is 3.02. The van der Waals surface area contributed by atoms with Crippen molar-refractivity contribution in [2.45, 2.75) is 13.5 Å². The van der Waals surface area contributed by atoms with Crippen LogP contribution in [-0.2, 0) is 16.1 Å². The third kappa shape index (κ3) is 4.48. The minimum absolute atomic E-state index is 0.0254. The number of aryl methyl sites for hydroxylation is 1. The smallest absolute Gasteiger partial charge is 0.334 e. The highest BCUT2D eigenvalue weighted by atomic mass is 16.5. The third-order valence-electron chi connectivity index (χ3n) is 4.82. The van der Waals surface area contributed by atoms with Crippen molar-refractivity contribution in [1.29, 1.82) is 0 Å². The maximum Gasteiger partial charge on any atom is 0.334 e. The maximum atomic E-state index is 12.6. The molecule has 8 heteroatoms. The molecule has 0 atom stereocenters. The molecule has 0 radical (unpaired) electrons. The van der Waals surface area contributed by atoms with Gasteiger partial charge in [0.1, 0.15) is 12.4 Å². The van der Waals surface area contributed by atoms with Crippen LogP contribution in [0.5, 0.6) is 5.75 Å². The zero-order valence-corrected chi connectivity index (χ0v) is 17.1.